The normalized spacial score (nSPS) is 15.6. The van der Waals surface area contributed by atoms with Crippen LogP contribution in [0, 0.1) is 13.8 Å². The quantitative estimate of drug-likeness (QED) is 0.708. The first-order chi connectivity index (χ1) is 14.3. The van der Waals surface area contributed by atoms with E-state index in [9.17, 15) is 18.0 Å². The largest absolute Gasteiger partial charge is 0.418 e. The van der Waals surface area contributed by atoms with E-state index in [1.165, 1.54) is 16.8 Å². The van der Waals surface area contributed by atoms with Crippen LogP contribution in [0.5, 0.6) is 0 Å². The van der Waals surface area contributed by atoms with Gasteiger partial charge in [0.25, 0.3) is 5.56 Å². The van der Waals surface area contributed by atoms with Crippen LogP contribution < -0.4 is 10.9 Å². The topological polar surface area (TPSA) is 72.7 Å². The first kappa shape index (κ1) is 20.5. The molecule has 0 spiro atoms. The van der Waals surface area contributed by atoms with Crippen LogP contribution >= 0.6 is 0 Å². The zero-order valence-corrected chi connectivity index (χ0v) is 16.8. The zero-order valence-electron chi connectivity index (χ0n) is 16.8. The molecule has 0 radical (unpaired) electrons. The molecule has 0 saturated carbocycles. The van der Waals surface area contributed by atoms with E-state index in [4.69, 9.17) is 0 Å². The van der Waals surface area contributed by atoms with Crippen molar-refractivity contribution in [1.29, 1.82) is 0 Å². The number of aryl methyl sites for hydroxylation is 2. The molecule has 0 atom stereocenters. The summed E-state index contributed by atoms with van der Waals surface area (Å²) in [7, 11) is 0. The van der Waals surface area contributed by atoms with E-state index in [2.05, 4.69) is 20.3 Å². The minimum atomic E-state index is -4.56. The molecule has 0 bridgehead atoms. The van der Waals surface area contributed by atoms with E-state index >= 15 is 0 Å². The van der Waals surface area contributed by atoms with Gasteiger partial charge in [0, 0.05) is 18.0 Å². The number of fused-ring (bicyclic) bond motifs is 1. The molecule has 3 aromatic heterocycles. The number of pyridine rings is 2. The van der Waals surface area contributed by atoms with Gasteiger partial charge >= 0.3 is 6.18 Å². The van der Waals surface area contributed by atoms with Crippen LogP contribution in [-0.4, -0.2) is 32.6 Å². The van der Waals surface area contributed by atoms with Gasteiger partial charge in [0.05, 0.1) is 23.5 Å². The lowest BCUT2D eigenvalue weighted by Crippen LogP contribution is -2.34. The summed E-state index contributed by atoms with van der Waals surface area (Å²) >= 11 is 0. The van der Waals surface area contributed by atoms with E-state index in [-0.39, 0.29) is 29.4 Å². The molecule has 6 nitrogen and oxygen atoms in total. The fourth-order valence-electron chi connectivity index (χ4n) is 4.16. The number of hydrogen-bond donors (Lipinski definition) is 1. The van der Waals surface area contributed by atoms with Gasteiger partial charge in [-0.25, -0.2) is 4.98 Å². The van der Waals surface area contributed by atoms with Crippen molar-refractivity contribution in [2.24, 2.45) is 0 Å². The molecule has 158 valence electrons. The monoisotopic (exact) mass is 417 g/mol. The number of halogens is 3. The van der Waals surface area contributed by atoms with E-state index in [1.54, 1.807) is 13.1 Å². The molecule has 1 saturated heterocycles. The van der Waals surface area contributed by atoms with E-state index in [1.807, 2.05) is 6.92 Å². The molecule has 1 aliphatic heterocycles. The van der Waals surface area contributed by atoms with Gasteiger partial charge in [-0.3, -0.25) is 19.3 Å². The Kier molecular flexibility index (Phi) is 5.31. The highest BCUT2D eigenvalue weighted by Crippen LogP contribution is 2.32. The Morgan fingerprint density at radius 3 is 2.63 bits per heavy atom. The molecular weight excluding hydrogens is 395 g/mol. The molecule has 4 rings (SSSR count). The van der Waals surface area contributed by atoms with Crippen molar-refractivity contribution in [3.63, 3.8) is 0 Å². The predicted molar refractivity (Wildman–Crippen MR) is 106 cm³/mol. The summed E-state index contributed by atoms with van der Waals surface area (Å²) in [6, 6.07) is 2.22. The molecule has 9 heteroatoms. The van der Waals surface area contributed by atoms with Crippen molar-refractivity contribution >= 4 is 11.2 Å². The van der Waals surface area contributed by atoms with Crippen molar-refractivity contribution in [3.8, 4) is 0 Å². The summed E-state index contributed by atoms with van der Waals surface area (Å²) in [5, 5.41) is 3.27. The van der Waals surface area contributed by atoms with Crippen molar-refractivity contribution in [2.75, 3.05) is 13.1 Å². The van der Waals surface area contributed by atoms with Crippen LogP contribution in [0.4, 0.5) is 13.2 Å². The van der Waals surface area contributed by atoms with Gasteiger partial charge in [0.1, 0.15) is 5.52 Å². The van der Waals surface area contributed by atoms with Crippen molar-refractivity contribution < 1.29 is 13.2 Å². The lowest BCUT2D eigenvalue weighted by Gasteiger charge is -2.25. The Balaban J connectivity index is 1.95. The maximum atomic E-state index is 13.5. The standard InChI is InChI=1S/C21H22F3N5O/c1-12-10-27-18-13(2)17(14-5-8-25-9-6-14)20(30)29(19(18)28-12)11-16-15(21(22,23)24)4-3-7-26-16/h3-4,7,10,14,25H,5-6,8-9,11H2,1-2H3. The van der Waals surface area contributed by atoms with Crippen LogP contribution in [0.2, 0.25) is 0 Å². The molecule has 30 heavy (non-hydrogen) atoms. The SMILES string of the molecule is Cc1cnc2c(C)c(C3CCNCC3)c(=O)n(Cc3ncccc3C(F)(F)F)c2n1. The highest BCUT2D eigenvalue weighted by atomic mass is 19.4. The molecule has 1 fully saturated rings. The Bertz CT molecular complexity index is 1150. The van der Waals surface area contributed by atoms with Crippen molar-refractivity contribution in [1.82, 2.24) is 24.8 Å². The fourth-order valence-corrected chi connectivity index (χ4v) is 4.16. The van der Waals surface area contributed by atoms with Gasteiger partial charge in [0.2, 0.25) is 0 Å². The van der Waals surface area contributed by atoms with Crippen LogP contribution in [-0.2, 0) is 12.7 Å². The van der Waals surface area contributed by atoms with E-state index < -0.39 is 11.7 Å². The van der Waals surface area contributed by atoms with Gasteiger partial charge < -0.3 is 5.32 Å². The Labute approximate surface area is 171 Å². The molecular formula is C21H22F3N5O. The summed E-state index contributed by atoms with van der Waals surface area (Å²) < 4.78 is 41.8. The molecule has 3 aromatic rings. The average molecular weight is 417 g/mol. The van der Waals surface area contributed by atoms with E-state index in [0.717, 1.165) is 37.6 Å². The van der Waals surface area contributed by atoms with E-state index in [0.29, 0.717) is 16.8 Å². The highest BCUT2D eigenvalue weighted by Gasteiger charge is 2.34. The molecule has 1 N–H and O–H groups in total. The number of rotatable bonds is 3. The molecule has 0 unspecified atom stereocenters. The summed E-state index contributed by atoms with van der Waals surface area (Å²) in [4.78, 5) is 26.4. The van der Waals surface area contributed by atoms with Gasteiger partial charge in [0.15, 0.2) is 5.65 Å². The fraction of sp³-hybridized carbons (Fsp3) is 0.429. The zero-order chi connectivity index (χ0) is 21.5. The van der Waals surface area contributed by atoms with Gasteiger partial charge in [-0.2, -0.15) is 13.2 Å². The van der Waals surface area contributed by atoms with Crippen LogP contribution in [0.15, 0.2) is 29.3 Å². The number of piperidine rings is 1. The second kappa shape index (κ2) is 7.79. The number of hydrogen-bond acceptors (Lipinski definition) is 5. The lowest BCUT2D eigenvalue weighted by atomic mass is 9.88. The Morgan fingerprint density at radius 2 is 1.93 bits per heavy atom. The Morgan fingerprint density at radius 1 is 1.20 bits per heavy atom. The van der Waals surface area contributed by atoms with Crippen molar-refractivity contribution in [3.05, 3.63) is 63.0 Å². The minimum absolute atomic E-state index is 0.0309. The number of nitrogens with one attached hydrogen (secondary N) is 1. The maximum absolute atomic E-state index is 13.5. The third kappa shape index (κ3) is 3.69. The minimum Gasteiger partial charge on any atom is -0.317 e. The highest BCUT2D eigenvalue weighted by molar-refractivity contribution is 5.76. The molecule has 0 aromatic carbocycles. The average Bonchev–Trinajstić information content (AvgIpc) is 2.71. The number of aromatic nitrogens is 4. The number of alkyl halides is 3. The third-order valence-corrected chi connectivity index (χ3v) is 5.62. The second-order valence-electron chi connectivity index (χ2n) is 7.63. The summed E-state index contributed by atoms with van der Waals surface area (Å²) in [6.45, 7) is 4.84. The first-order valence-corrected chi connectivity index (χ1v) is 9.86. The van der Waals surface area contributed by atoms with Crippen LogP contribution in [0.1, 0.15) is 46.8 Å². The predicted octanol–water partition coefficient (Wildman–Crippen LogP) is 3.34. The maximum Gasteiger partial charge on any atom is 0.418 e. The van der Waals surface area contributed by atoms with Gasteiger partial charge in [-0.1, -0.05) is 0 Å². The summed E-state index contributed by atoms with van der Waals surface area (Å²) in [5.41, 5.74) is 1.40. The van der Waals surface area contributed by atoms with Crippen molar-refractivity contribution in [2.45, 2.75) is 45.3 Å². The van der Waals surface area contributed by atoms with Crippen LogP contribution in [0.25, 0.3) is 11.2 Å². The molecule has 4 heterocycles. The Hall–Kier alpha value is -2.81. The third-order valence-electron chi connectivity index (χ3n) is 5.62. The van der Waals surface area contributed by atoms with Crippen LogP contribution in [0.3, 0.4) is 0 Å². The number of nitrogens with zero attached hydrogens (tertiary/aromatic N) is 4. The summed E-state index contributed by atoms with van der Waals surface area (Å²) in [6.07, 6.45) is -0.0708. The second-order valence-corrected chi connectivity index (χ2v) is 7.63. The summed E-state index contributed by atoms with van der Waals surface area (Å²) in [5.74, 6) is 0.0309. The lowest BCUT2D eigenvalue weighted by molar-refractivity contribution is -0.138. The van der Waals surface area contributed by atoms with Gasteiger partial charge in [-0.05, 0) is 63.4 Å². The van der Waals surface area contributed by atoms with Gasteiger partial charge in [-0.15, -0.1) is 0 Å². The molecule has 0 amide bonds. The molecule has 1 aliphatic rings. The smallest absolute Gasteiger partial charge is 0.317 e. The first-order valence-electron chi connectivity index (χ1n) is 9.86. The molecule has 0 aliphatic carbocycles.